The first kappa shape index (κ1) is 14.4. The van der Waals surface area contributed by atoms with Gasteiger partial charge < -0.3 is 15.2 Å². The highest BCUT2D eigenvalue weighted by Gasteiger charge is 2.12. The summed E-state index contributed by atoms with van der Waals surface area (Å²) in [5.41, 5.74) is 0.976. The van der Waals surface area contributed by atoms with Gasteiger partial charge in [0.25, 0.3) is 0 Å². The summed E-state index contributed by atoms with van der Waals surface area (Å²) in [6.45, 7) is 2.77. The van der Waals surface area contributed by atoms with E-state index in [1.54, 1.807) is 6.07 Å². The molecule has 104 valence electrons. The Bertz CT molecular complexity index is 440. The highest BCUT2D eigenvalue weighted by Crippen LogP contribution is 2.21. The molecule has 0 bridgehead atoms. The van der Waals surface area contributed by atoms with E-state index in [-0.39, 0.29) is 6.61 Å². The smallest absolute Gasteiger partial charge is 0.119 e. The molecule has 0 radical (unpaired) electrons. The van der Waals surface area contributed by atoms with Gasteiger partial charge in [-0.15, -0.1) is 0 Å². The molecular weight excluding hydrogens is 262 g/mol. The summed E-state index contributed by atoms with van der Waals surface area (Å²) >= 11 is 5.94. The molecule has 0 spiro atoms. The Kier molecular flexibility index (Phi) is 5.25. The maximum atomic E-state index is 9.86. The number of hydrogen-bond donors (Lipinski definition) is 2. The molecule has 0 fully saturated rings. The second kappa shape index (κ2) is 6.94. The van der Waals surface area contributed by atoms with Crippen molar-refractivity contribution < 1.29 is 9.84 Å². The normalized spacial score (nSPS) is 16.8. The first-order chi connectivity index (χ1) is 9.15. The Hall–Kier alpha value is -1.03. The van der Waals surface area contributed by atoms with Crippen LogP contribution in [-0.4, -0.2) is 30.4 Å². The van der Waals surface area contributed by atoms with Crippen LogP contribution < -0.4 is 10.1 Å². The van der Waals surface area contributed by atoms with Crippen molar-refractivity contribution in [3.05, 3.63) is 40.9 Å². The monoisotopic (exact) mass is 281 g/mol. The van der Waals surface area contributed by atoms with E-state index in [0.717, 1.165) is 29.2 Å². The van der Waals surface area contributed by atoms with Crippen molar-refractivity contribution >= 4 is 11.6 Å². The molecule has 4 heteroatoms. The third-order valence-electron chi connectivity index (χ3n) is 3.22. The Balaban J connectivity index is 1.70. The van der Waals surface area contributed by atoms with Crippen molar-refractivity contribution in [2.45, 2.75) is 31.9 Å². The van der Waals surface area contributed by atoms with Crippen LogP contribution in [0.25, 0.3) is 0 Å². The van der Waals surface area contributed by atoms with Crippen molar-refractivity contribution in [3.63, 3.8) is 0 Å². The topological polar surface area (TPSA) is 41.5 Å². The first-order valence-corrected chi connectivity index (χ1v) is 6.98. The standard InChI is InChI=1S/C15H20ClNO2/c1-11-8-14(6-7-15(11)16)19-10-13(18)9-17-12-4-2-3-5-12/h2-3,6-8,12-13,17-18H,4-5,9-10H2,1H3. The Labute approximate surface area is 119 Å². The molecule has 1 atom stereocenters. The average Bonchev–Trinajstić information content (AvgIpc) is 2.91. The quantitative estimate of drug-likeness (QED) is 0.788. The molecule has 0 amide bonds. The van der Waals surface area contributed by atoms with Gasteiger partial charge in [0, 0.05) is 17.6 Å². The zero-order valence-electron chi connectivity index (χ0n) is 11.1. The van der Waals surface area contributed by atoms with Crippen molar-refractivity contribution in [1.82, 2.24) is 5.32 Å². The predicted octanol–water partition coefficient (Wildman–Crippen LogP) is 2.70. The maximum absolute atomic E-state index is 9.86. The number of halogens is 1. The molecule has 2 rings (SSSR count). The van der Waals surface area contributed by atoms with Gasteiger partial charge in [0.05, 0.1) is 0 Å². The van der Waals surface area contributed by atoms with E-state index in [0.29, 0.717) is 12.6 Å². The predicted molar refractivity (Wildman–Crippen MR) is 77.9 cm³/mol. The lowest BCUT2D eigenvalue weighted by Gasteiger charge is -2.17. The van der Waals surface area contributed by atoms with E-state index >= 15 is 0 Å². The Morgan fingerprint density at radius 2 is 2.16 bits per heavy atom. The third kappa shape index (κ3) is 4.53. The van der Waals surface area contributed by atoms with E-state index in [1.807, 2.05) is 19.1 Å². The van der Waals surface area contributed by atoms with Crippen LogP contribution in [0.1, 0.15) is 18.4 Å². The number of nitrogens with one attached hydrogen (secondary N) is 1. The van der Waals surface area contributed by atoms with Crippen molar-refractivity contribution in [2.24, 2.45) is 0 Å². The summed E-state index contributed by atoms with van der Waals surface area (Å²) < 4.78 is 5.55. The zero-order chi connectivity index (χ0) is 13.7. The molecule has 1 unspecified atom stereocenters. The van der Waals surface area contributed by atoms with Gasteiger partial charge in [-0.05, 0) is 43.5 Å². The minimum Gasteiger partial charge on any atom is -0.491 e. The second-order valence-electron chi connectivity index (χ2n) is 4.92. The van der Waals surface area contributed by atoms with E-state index in [4.69, 9.17) is 16.3 Å². The highest BCUT2D eigenvalue weighted by atomic mass is 35.5. The van der Waals surface area contributed by atoms with Crippen molar-refractivity contribution in [3.8, 4) is 5.75 Å². The number of aliphatic hydroxyl groups excluding tert-OH is 1. The fraction of sp³-hybridized carbons (Fsp3) is 0.467. The van der Waals surface area contributed by atoms with E-state index in [1.165, 1.54) is 0 Å². The second-order valence-corrected chi connectivity index (χ2v) is 5.33. The summed E-state index contributed by atoms with van der Waals surface area (Å²) in [6, 6.07) is 5.97. The number of aliphatic hydroxyl groups is 1. The fourth-order valence-corrected chi connectivity index (χ4v) is 2.16. The molecule has 2 N–H and O–H groups in total. The molecule has 1 aromatic rings. The summed E-state index contributed by atoms with van der Waals surface area (Å²) in [4.78, 5) is 0. The third-order valence-corrected chi connectivity index (χ3v) is 3.65. The van der Waals surface area contributed by atoms with Gasteiger partial charge in [0.1, 0.15) is 18.5 Å². The van der Waals surface area contributed by atoms with Crippen LogP contribution >= 0.6 is 11.6 Å². The average molecular weight is 282 g/mol. The van der Waals surface area contributed by atoms with Gasteiger partial charge in [0.15, 0.2) is 0 Å². The van der Waals surface area contributed by atoms with Crippen LogP contribution in [0.2, 0.25) is 5.02 Å². The van der Waals surface area contributed by atoms with Gasteiger partial charge in [-0.3, -0.25) is 0 Å². The van der Waals surface area contributed by atoms with Gasteiger partial charge in [0.2, 0.25) is 0 Å². The molecule has 3 nitrogen and oxygen atoms in total. The molecule has 0 saturated carbocycles. The molecule has 1 aliphatic rings. The Morgan fingerprint density at radius 1 is 1.42 bits per heavy atom. The maximum Gasteiger partial charge on any atom is 0.119 e. The van der Waals surface area contributed by atoms with Crippen LogP contribution in [0, 0.1) is 6.92 Å². The molecule has 0 aromatic heterocycles. The molecule has 1 aromatic carbocycles. The summed E-state index contributed by atoms with van der Waals surface area (Å²) in [5.74, 6) is 0.739. The van der Waals surface area contributed by atoms with Gasteiger partial charge >= 0.3 is 0 Å². The summed E-state index contributed by atoms with van der Waals surface area (Å²) in [5, 5.41) is 13.9. The molecule has 1 aliphatic carbocycles. The molecule has 0 saturated heterocycles. The number of aryl methyl sites for hydroxylation is 1. The summed E-state index contributed by atoms with van der Waals surface area (Å²) in [7, 11) is 0. The minimum absolute atomic E-state index is 0.286. The molecular formula is C15H20ClNO2. The highest BCUT2D eigenvalue weighted by molar-refractivity contribution is 6.31. The van der Waals surface area contributed by atoms with Crippen LogP contribution in [-0.2, 0) is 0 Å². The number of benzene rings is 1. The van der Waals surface area contributed by atoms with Crippen LogP contribution in [0.15, 0.2) is 30.4 Å². The fourth-order valence-electron chi connectivity index (χ4n) is 2.04. The van der Waals surface area contributed by atoms with E-state index in [2.05, 4.69) is 17.5 Å². The number of rotatable bonds is 6. The summed E-state index contributed by atoms with van der Waals surface area (Å²) in [6.07, 6.45) is 5.92. The van der Waals surface area contributed by atoms with E-state index in [9.17, 15) is 5.11 Å². The number of ether oxygens (including phenoxy) is 1. The Morgan fingerprint density at radius 3 is 2.84 bits per heavy atom. The molecule has 0 aliphatic heterocycles. The van der Waals surface area contributed by atoms with Crippen molar-refractivity contribution in [1.29, 1.82) is 0 Å². The molecule has 19 heavy (non-hydrogen) atoms. The zero-order valence-corrected chi connectivity index (χ0v) is 11.9. The lowest BCUT2D eigenvalue weighted by Crippen LogP contribution is -2.36. The van der Waals surface area contributed by atoms with Crippen LogP contribution in [0.5, 0.6) is 5.75 Å². The van der Waals surface area contributed by atoms with Gasteiger partial charge in [-0.1, -0.05) is 23.8 Å². The molecule has 0 heterocycles. The first-order valence-electron chi connectivity index (χ1n) is 6.60. The number of hydrogen-bond acceptors (Lipinski definition) is 3. The van der Waals surface area contributed by atoms with Gasteiger partial charge in [-0.25, -0.2) is 0 Å². The SMILES string of the molecule is Cc1cc(OCC(O)CNC2CC=CC2)ccc1Cl. The van der Waals surface area contributed by atoms with E-state index < -0.39 is 6.10 Å². The van der Waals surface area contributed by atoms with Gasteiger partial charge in [-0.2, -0.15) is 0 Å². The lowest BCUT2D eigenvalue weighted by molar-refractivity contribution is 0.104. The van der Waals surface area contributed by atoms with Crippen LogP contribution in [0.3, 0.4) is 0 Å². The largest absolute Gasteiger partial charge is 0.491 e. The minimum atomic E-state index is -0.503. The lowest BCUT2D eigenvalue weighted by atomic mass is 10.2. The van der Waals surface area contributed by atoms with Crippen LogP contribution in [0.4, 0.5) is 0 Å². The van der Waals surface area contributed by atoms with Crippen molar-refractivity contribution in [2.75, 3.05) is 13.2 Å².